The molecule has 0 saturated carbocycles. The Morgan fingerprint density at radius 2 is 0.600 bits per heavy atom. The zero-order chi connectivity index (χ0) is 42.8. The first-order valence-electron chi connectivity index (χ1n) is 20.9. The van der Waals surface area contributed by atoms with Gasteiger partial charge in [-0.1, -0.05) is 27.7 Å². The second kappa shape index (κ2) is 17.3. The van der Waals surface area contributed by atoms with Crippen molar-refractivity contribution >= 4 is 45.9 Å². The van der Waals surface area contributed by atoms with Crippen molar-refractivity contribution in [3.05, 3.63) is 93.0 Å². The highest BCUT2D eigenvalue weighted by atomic mass is 16.5. The third-order valence-corrected chi connectivity index (χ3v) is 11.0. The Morgan fingerprint density at radius 1 is 0.383 bits per heavy atom. The third kappa shape index (κ3) is 7.35. The van der Waals surface area contributed by atoms with Crippen LogP contribution in [0.3, 0.4) is 0 Å². The van der Waals surface area contributed by atoms with Crippen LogP contribution in [0.2, 0.25) is 0 Å². The minimum atomic E-state index is -0.627. The number of rotatable bonds is 12. The number of aromatic nitrogens is 4. The Morgan fingerprint density at radius 3 is 0.783 bits per heavy atom. The molecule has 12 heteroatoms. The van der Waals surface area contributed by atoms with Crippen molar-refractivity contribution in [2.75, 3.05) is 26.4 Å². The van der Waals surface area contributed by atoms with E-state index in [2.05, 4.69) is 37.7 Å². The Hall–Kier alpha value is -6.56. The maximum Gasteiger partial charge on any atom is 0.339 e. The van der Waals surface area contributed by atoms with Crippen LogP contribution in [0.15, 0.2) is 48.5 Å². The summed E-state index contributed by atoms with van der Waals surface area (Å²) in [5.74, 6) is -2.51. The molecule has 0 fully saturated rings. The quantitative estimate of drug-likeness (QED) is 0.0897. The van der Waals surface area contributed by atoms with Gasteiger partial charge in [0, 0.05) is 44.3 Å². The molecule has 0 unspecified atom stereocenters. The molecule has 0 spiro atoms. The van der Waals surface area contributed by atoms with Gasteiger partial charge in [-0.25, -0.2) is 29.1 Å². The number of aryl methyl sites for hydroxylation is 4. The van der Waals surface area contributed by atoms with Crippen molar-refractivity contribution in [3.63, 3.8) is 0 Å². The lowest BCUT2D eigenvalue weighted by Crippen LogP contribution is -2.14. The fourth-order valence-corrected chi connectivity index (χ4v) is 8.40. The van der Waals surface area contributed by atoms with Gasteiger partial charge in [-0.3, -0.25) is 0 Å². The van der Waals surface area contributed by atoms with E-state index in [1.54, 1.807) is 52.0 Å². The number of carbonyl (C=O) groups is 4. The van der Waals surface area contributed by atoms with Crippen molar-refractivity contribution in [2.45, 2.75) is 81.1 Å². The van der Waals surface area contributed by atoms with Crippen LogP contribution >= 0.6 is 0 Å². The molecule has 60 heavy (non-hydrogen) atoms. The Balaban J connectivity index is 1.64. The molecule has 7 rings (SSSR count). The summed E-state index contributed by atoms with van der Waals surface area (Å²) < 4.78 is 21.7. The molecule has 0 aliphatic carbocycles. The maximum absolute atomic E-state index is 13.4. The van der Waals surface area contributed by atoms with Gasteiger partial charge in [0.15, 0.2) is 0 Å². The monoisotopic (exact) mass is 810 g/mol. The predicted molar refractivity (Wildman–Crippen MR) is 231 cm³/mol. The van der Waals surface area contributed by atoms with Gasteiger partial charge in [0.1, 0.15) is 0 Å². The number of nitrogens with zero attached hydrogens (tertiary/aromatic N) is 2. The summed E-state index contributed by atoms with van der Waals surface area (Å²) in [6, 6.07) is 14.7. The van der Waals surface area contributed by atoms with Crippen molar-refractivity contribution in [3.8, 4) is 45.0 Å². The highest BCUT2D eigenvalue weighted by molar-refractivity contribution is 6.08. The molecular weight excluding hydrogens is 761 g/mol. The summed E-state index contributed by atoms with van der Waals surface area (Å²) in [7, 11) is 0. The van der Waals surface area contributed by atoms with Crippen molar-refractivity contribution in [1.82, 2.24) is 19.9 Å². The van der Waals surface area contributed by atoms with Crippen LogP contribution in [0.4, 0.5) is 0 Å². The lowest BCUT2D eigenvalue weighted by molar-refractivity contribution is 0.0479. The first-order chi connectivity index (χ1) is 29.0. The van der Waals surface area contributed by atoms with Gasteiger partial charge in [0.05, 0.1) is 71.5 Å². The number of hydrogen-bond acceptors (Lipinski definition) is 10. The van der Waals surface area contributed by atoms with Gasteiger partial charge in [0.2, 0.25) is 0 Å². The second-order valence-electron chi connectivity index (χ2n) is 14.3. The topological polar surface area (TPSA) is 163 Å². The van der Waals surface area contributed by atoms with E-state index < -0.39 is 23.9 Å². The molecule has 0 radical (unpaired) electrons. The van der Waals surface area contributed by atoms with Crippen LogP contribution < -0.4 is 0 Å². The van der Waals surface area contributed by atoms with E-state index in [1.807, 2.05) is 24.3 Å². The first-order valence-corrected chi connectivity index (χ1v) is 20.9. The number of carbonyl (C=O) groups excluding carboxylic acids is 4. The van der Waals surface area contributed by atoms with Gasteiger partial charge < -0.3 is 28.9 Å². The highest BCUT2D eigenvalue weighted by Gasteiger charge is 2.29. The Labute approximate surface area is 348 Å². The smallest absolute Gasteiger partial charge is 0.339 e. The lowest BCUT2D eigenvalue weighted by Gasteiger charge is -2.11. The molecule has 3 aromatic heterocycles. The molecule has 0 atom stereocenters. The predicted octanol–water partition coefficient (Wildman–Crippen LogP) is 9.94. The second-order valence-corrected chi connectivity index (χ2v) is 14.3. The summed E-state index contributed by atoms with van der Waals surface area (Å²) in [4.78, 5) is 71.4. The zero-order valence-electron chi connectivity index (χ0n) is 35.4. The minimum absolute atomic E-state index is 0.102. The highest BCUT2D eigenvalue weighted by Crippen LogP contribution is 2.42. The number of fused-ring (bicyclic) bond motifs is 14. The van der Waals surface area contributed by atoms with Gasteiger partial charge in [0.25, 0.3) is 0 Å². The third-order valence-electron chi connectivity index (χ3n) is 11.0. The summed E-state index contributed by atoms with van der Waals surface area (Å²) in [6.45, 7) is 15.8. The molecule has 310 valence electrons. The standard InChI is InChI=1S/C48H50N4O8/c1-9-25-26(10-2)38-22-42-31-19-35(47(55)59-15-7)36(48(56)60-16-8)20-32(31)44(52-42)24-40-28(12-4)27(11-3)39(50-40)23-43-30-18-34(46(54)58-14-6)33(45(53)57-13-5)17-29(30)41(51-43)21-37(25)49-38/h17-24,49-50H,9-16H2,1-8H3. The molecule has 2 N–H and O–H groups in total. The largest absolute Gasteiger partial charge is 0.462 e. The molecule has 2 aromatic carbocycles. The molecule has 2 aliphatic rings. The van der Waals surface area contributed by atoms with Crippen molar-refractivity contribution < 1.29 is 38.1 Å². The average Bonchev–Trinajstić information content (AvgIpc) is 3.96. The van der Waals surface area contributed by atoms with Crippen LogP contribution in [-0.2, 0) is 44.6 Å². The van der Waals surface area contributed by atoms with E-state index in [-0.39, 0.29) is 48.7 Å². The van der Waals surface area contributed by atoms with Gasteiger partial charge in [-0.15, -0.1) is 0 Å². The summed E-state index contributed by atoms with van der Waals surface area (Å²) in [6.07, 6.45) is 2.80. The molecule has 5 aromatic rings. The number of H-pyrrole nitrogens is 2. The normalized spacial score (nSPS) is 11.5. The fourth-order valence-electron chi connectivity index (χ4n) is 8.40. The molecule has 8 bridgehead atoms. The fraction of sp³-hybridized carbons (Fsp3) is 0.333. The zero-order valence-corrected chi connectivity index (χ0v) is 35.4. The number of ether oxygens (including phenoxy) is 4. The van der Waals surface area contributed by atoms with E-state index in [9.17, 15) is 19.2 Å². The lowest BCUT2D eigenvalue weighted by atomic mass is 9.95. The van der Waals surface area contributed by atoms with Gasteiger partial charge in [-0.05, 0) is 124 Å². The van der Waals surface area contributed by atoms with E-state index in [4.69, 9.17) is 28.9 Å². The molecule has 0 saturated heterocycles. The average molecular weight is 811 g/mol. The first kappa shape index (κ1) is 41.6. The summed E-state index contributed by atoms with van der Waals surface area (Å²) in [5.41, 5.74) is 13.1. The van der Waals surface area contributed by atoms with E-state index in [1.165, 1.54) is 0 Å². The van der Waals surface area contributed by atoms with Crippen LogP contribution in [0.5, 0.6) is 0 Å². The van der Waals surface area contributed by atoms with Crippen molar-refractivity contribution in [2.24, 2.45) is 0 Å². The minimum Gasteiger partial charge on any atom is -0.462 e. The van der Waals surface area contributed by atoms with Crippen LogP contribution in [0.1, 0.15) is 119 Å². The van der Waals surface area contributed by atoms with Gasteiger partial charge >= 0.3 is 23.9 Å². The molecule has 2 aliphatic heterocycles. The number of nitrogens with one attached hydrogen (secondary N) is 2. The summed E-state index contributed by atoms with van der Waals surface area (Å²) in [5, 5.41) is 0. The number of esters is 4. The van der Waals surface area contributed by atoms with E-state index in [0.29, 0.717) is 70.7 Å². The van der Waals surface area contributed by atoms with E-state index in [0.717, 1.165) is 44.3 Å². The number of aromatic amines is 2. The Bertz CT molecular complexity index is 2380. The molecule has 5 heterocycles. The molecular formula is C48H50N4O8. The molecule has 12 nitrogen and oxygen atoms in total. The van der Waals surface area contributed by atoms with Crippen molar-refractivity contribution in [1.29, 1.82) is 0 Å². The van der Waals surface area contributed by atoms with E-state index >= 15 is 0 Å². The Kier molecular flexibility index (Phi) is 12.0. The SMILES string of the molecule is CCOC(=O)c1cc2c(cc1C(=O)OCC)-c1cc3[nH]c(cc4nc(cc5[nH]c(cc-2n1)c(CC)c5CC)-c1cc(C(=O)OCC)c(C(=O)OCC)cc1-4)c(CC)c3CC. The maximum atomic E-state index is 13.4. The van der Waals surface area contributed by atoms with Gasteiger partial charge in [-0.2, -0.15) is 0 Å². The molecule has 0 amide bonds. The number of benzene rings is 2. The van der Waals surface area contributed by atoms with Crippen LogP contribution in [0, 0.1) is 0 Å². The number of hydrogen-bond donors (Lipinski definition) is 2. The summed E-state index contributed by atoms with van der Waals surface area (Å²) >= 11 is 0. The van der Waals surface area contributed by atoms with Crippen LogP contribution in [-0.4, -0.2) is 70.2 Å². The van der Waals surface area contributed by atoms with Crippen LogP contribution in [0.25, 0.3) is 67.1 Å².